The fourth-order valence-electron chi connectivity index (χ4n) is 2.55. The largest absolute Gasteiger partial charge is 0.311 e. The molecular formula is C18H21N4. The van der Waals surface area contributed by atoms with Crippen molar-refractivity contribution in [2.75, 3.05) is 0 Å². The number of aryl methyl sites for hydroxylation is 1. The van der Waals surface area contributed by atoms with E-state index in [0.717, 1.165) is 36.4 Å². The van der Waals surface area contributed by atoms with Crippen molar-refractivity contribution in [1.29, 1.82) is 0 Å². The molecule has 22 heavy (non-hydrogen) atoms. The van der Waals surface area contributed by atoms with Crippen LogP contribution in [0.1, 0.15) is 44.0 Å². The number of hydrogen-bond donors (Lipinski definition) is 0. The highest BCUT2D eigenvalue weighted by Gasteiger charge is 2.07. The summed E-state index contributed by atoms with van der Waals surface area (Å²) in [7, 11) is 0. The second kappa shape index (κ2) is 7.16. The molecule has 2 aromatic heterocycles. The first-order chi connectivity index (χ1) is 10.9. The number of aromatic nitrogens is 4. The molecule has 0 atom stereocenters. The minimum atomic E-state index is 0.744. The molecule has 0 aliphatic heterocycles. The first-order valence-corrected chi connectivity index (χ1v) is 8.00. The lowest BCUT2D eigenvalue weighted by Crippen LogP contribution is -2.02. The van der Waals surface area contributed by atoms with E-state index in [0.29, 0.717) is 0 Å². The zero-order valence-corrected chi connectivity index (χ0v) is 13.0. The van der Waals surface area contributed by atoms with Crippen molar-refractivity contribution < 1.29 is 0 Å². The molecular weight excluding hydrogens is 272 g/mol. The molecule has 0 amide bonds. The quantitative estimate of drug-likeness (QED) is 0.622. The van der Waals surface area contributed by atoms with E-state index in [-0.39, 0.29) is 0 Å². The van der Waals surface area contributed by atoms with E-state index in [2.05, 4.69) is 56.9 Å². The Kier molecular flexibility index (Phi) is 4.78. The fraction of sp³-hybridized carbons (Fsp3) is 0.389. The lowest BCUT2D eigenvalue weighted by Gasteiger charge is -2.05. The molecule has 0 fully saturated rings. The first kappa shape index (κ1) is 14.7. The topological polar surface area (TPSA) is 43.6 Å². The standard InChI is InChI=1S/C18H21N4/c1-2-3-4-8-11-17-19-12-16-18(21-17)22(14-20-16)13-15-9-6-5-7-10-15/h5-7,9-10,14H,2-4,8,11,13H2,1H3. The van der Waals surface area contributed by atoms with Gasteiger partial charge in [0.1, 0.15) is 17.5 Å². The zero-order chi connectivity index (χ0) is 15.2. The molecule has 0 N–H and O–H groups in total. The SMILES string of the molecule is CCCCCCc1n[c]c2ncn(Cc3ccccc3)c2n1. The molecule has 2 heterocycles. The summed E-state index contributed by atoms with van der Waals surface area (Å²) in [6.45, 7) is 3.00. The van der Waals surface area contributed by atoms with Crippen LogP contribution in [0.15, 0.2) is 36.7 Å². The van der Waals surface area contributed by atoms with Crippen LogP contribution in [0.2, 0.25) is 0 Å². The fourth-order valence-corrected chi connectivity index (χ4v) is 2.55. The predicted octanol–water partition coefficient (Wildman–Crippen LogP) is 3.80. The Balaban J connectivity index is 1.76. The summed E-state index contributed by atoms with van der Waals surface area (Å²) in [6, 6.07) is 10.4. The van der Waals surface area contributed by atoms with Gasteiger partial charge >= 0.3 is 0 Å². The van der Waals surface area contributed by atoms with E-state index in [1.807, 2.05) is 12.4 Å². The predicted molar refractivity (Wildman–Crippen MR) is 87.5 cm³/mol. The van der Waals surface area contributed by atoms with Crippen LogP contribution in [0.25, 0.3) is 11.2 Å². The number of nitrogens with zero attached hydrogens (tertiary/aromatic N) is 4. The second-order valence-corrected chi connectivity index (χ2v) is 5.59. The van der Waals surface area contributed by atoms with Crippen molar-refractivity contribution in [3.8, 4) is 0 Å². The van der Waals surface area contributed by atoms with Crippen molar-refractivity contribution >= 4 is 11.2 Å². The van der Waals surface area contributed by atoms with Gasteiger partial charge in [0.25, 0.3) is 0 Å². The van der Waals surface area contributed by atoms with Crippen molar-refractivity contribution in [1.82, 2.24) is 19.5 Å². The Hall–Kier alpha value is -2.23. The number of hydrogen-bond acceptors (Lipinski definition) is 3. The van der Waals surface area contributed by atoms with Gasteiger partial charge in [-0.05, 0) is 12.0 Å². The molecule has 3 rings (SSSR count). The average molecular weight is 293 g/mol. The van der Waals surface area contributed by atoms with E-state index >= 15 is 0 Å². The van der Waals surface area contributed by atoms with E-state index in [1.54, 1.807) is 0 Å². The van der Waals surface area contributed by atoms with Crippen LogP contribution in [0, 0.1) is 6.20 Å². The maximum Gasteiger partial charge on any atom is 0.164 e. The van der Waals surface area contributed by atoms with E-state index in [1.165, 1.54) is 24.8 Å². The Bertz CT molecular complexity index is 718. The molecule has 0 bridgehead atoms. The molecule has 0 unspecified atom stereocenters. The highest BCUT2D eigenvalue weighted by Crippen LogP contribution is 2.13. The monoisotopic (exact) mass is 293 g/mol. The Labute approximate surface area is 131 Å². The highest BCUT2D eigenvalue weighted by molar-refractivity contribution is 5.68. The molecule has 1 radical (unpaired) electrons. The number of unbranched alkanes of at least 4 members (excludes halogenated alkanes) is 3. The molecule has 0 aliphatic carbocycles. The van der Waals surface area contributed by atoms with Crippen LogP contribution in [-0.4, -0.2) is 19.5 Å². The smallest absolute Gasteiger partial charge is 0.164 e. The summed E-state index contributed by atoms with van der Waals surface area (Å²) in [5.74, 6) is 0.874. The van der Waals surface area contributed by atoms with Crippen molar-refractivity contribution in [2.24, 2.45) is 0 Å². The molecule has 3 aromatic rings. The molecule has 0 spiro atoms. The van der Waals surface area contributed by atoms with Crippen molar-refractivity contribution in [2.45, 2.75) is 45.6 Å². The van der Waals surface area contributed by atoms with Gasteiger partial charge in [0, 0.05) is 6.42 Å². The summed E-state index contributed by atoms with van der Waals surface area (Å²) in [4.78, 5) is 13.3. The van der Waals surface area contributed by atoms with Gasteiger partial charge in [-0.15, -0.1) is 0 Å². The zero-order valence-electron chi connectivity index (χ0n) is 13.0. The molecule has 0 aliphatic rings. The maximum atomic E-state index is 4.69. The average Bonchev–Trinajstić information content (AvgIpc) is 2.95. The highest BCUT2D eigenvalue weighted by atomic mass is 15.1. The lowest BCUT2D eigenvalue weighted by molar-refractivity contribution is 0.652. The Morgan fingerprint density at radius 3 is 2.77 bits per heavy atom. The third-order valence-electron chi connectivity index (χ3n) is 3.79. The summed E-state index contributed by atoms with van der Waals surface area (Å²) >= 11 is 0. The van der Waals surface area contributed by atoms with Crippen molar-refractivity contribution in [3.63, 3.8) is 0 Å². The maximum absolute atomic E-state index is 4.69. The third-order valence-corrected chi connectivity index (χ3v) is 3.79. The summed E-state index contributed by atoms with van der Waals surface area (Å²) in [5.41, 5.74) is 2.86. The number of benzene rings is 1. The summed E-state index contributed by atoms with van der Waals surface area (Å²) < 4.78 is 2.07. The van der Waals surface area contributed by atoms with E-state index < -0.39 is 0 Å². The third kappa shape index (κ3) is 3.50. The van der Waals surface area contributed by atoms with Crippen LogP contribution < -0.4 is 0 Å². The van der Waals surface area contributed by atoms with Gasteiger partial charge in [0.05, 0.1) is 12.9 Å². The number of imidazole rings is 1. The molecule has 1 aromatic carbocycles. The summed E-state index contributed by atoms with van der Waals surface area (Å²) in [6.07, 6.45) is 10.7. The van der Waals surface area contributed by atoms with Gasteiger partial charge < -0.3 is 4.57 Å². The molecule has 113 valence electrons. The minimum absolute atomic E-state index is 0.744. The number of rotatable bonds is 7. The lowest BCUT2D eigenvalue weighted by atomic mass is 10.1. The van der Waals surface area contributed by atoms with Gasteiger partial charge in [-0.2, -0.15) is 0 Å². The minimum Gasteiger partial charge on any atom is -0.311 e. The van der Waals surface area contributed by atoms with Gasteiger partial charge in [0.2, 0.25) is 0 Å². The van der Waals surface area contributed by atoms with Crippen molar-refractivity contribution in [3.05, 3.63) is 54.2 Å². The Morgan fingerprint density at radius 1 is 1.09 bits per heavy atom. The van der Waals surface area contributed by atoms with E-state index in [9.17, 15) is 0 Å². The first-order valence-electron chi connectivity index (χ1n) is 8.00. The van der Waals surface area contributed by atoms with Gasteiger partial charge in [-0.3, -0.25) is 0 Å². The Morgan fingerprint density at radius 2 is 1.95 bits per heavy atom. The normalized spacial score (nSPS) is 11.1. The summed E-state index contributed by atoms with van der Waals surface area (Å²) in [5, 5.41) is 0. The van der Waals surface area contributed by atoms with Crippen LogP contribution >= 0.6 is 0 Å². The molecule has 0 saturated carbocycles. The number of fused-ring (bicyclic) bond motifs is 1. The molecule has 0 saturated heterocycles. The van der Waals surface area contributed by atoms with Crippen LogP contribution in [0.3, 0.4) is 0 Å². The molecule has 4 heteroatoms. The van der Waals surface area contributed by atoms with Crippen LogP contribution in [-0.2, 0) is 13.0 Å². The second-order valence-electron chi connectivity index (χ2n) is 5.59. The van der Waals surface area contributed by atoms with Crippen LogP contribution in [0.5, 0.6) is 0 Å². The van der Waals surface area contributed by atoms with Gasteiger partial charge in [-0.25, -0.2) is 15.0 Å². The van der Waals surface area contributed by atoms with Gasteiger partial charge in [0.15, 0.2) is 5.65 Å². The van der Waals surface area contributed by atoms with Gasteiger partial charge in [-0.1, -0.05) is 56.5 Å². The van der Waals surface area contributed by atoms with E-state index in [4.69, 9.17) is 0 Å². The molecule has 4 nitrogen and oxygen atoms in total. The van der Waals surface area contributed by atoms with Crippen LogP contribution in [0.4, 0.5) is 0 Å².